The maximum atomic E-state index is 13.2. The maximum absolute atomic E-state index is 13.2. The first-order valence-corrected chi connectivity index (χ1v) is 12.0. The SMILES string of the molecule is Cc1cc(C)c(NC(=O)CSc2nnc([C@H](NC(=O)c3ccc(F)cc3)C(C)C)n2C)c(C)c1. The molecule has 0 unspecified atom stereocenters. The van der Waals surface area contributed by atoms with Crippen molar-refractivity contribution >= 4 is 29.3 Å². The summed E-state index contributed by atoms with van der Waals surface area (Å²) in [5.41, 5.74) is 4.39. The van der Waals surface area contributed by atoms with Crippen LogP contribution in [0, 0.1) is 32.5 Å². The summed E-state index contributed by atoms with van der Waals surface area (Å²) in [6.07, 6.45) is 0. The van der Waals surface area contributed by atoms with Gasteiger partial charge in [-0.05, 0) is 62.1 Å². The van der Waals surface area contributed by atoms with Gasteiger partial charge in [0, 0.05) is 18.3 Å². The van der Waals surface area contributed by atoms with E-state index < -0.39 is 11.9 Å². The van der Waals surface area contributed by atoms with Gasteiger partial charge in [-0.15, -0.1) is 10.2 Å². The molecule has 2 amide bonds. The van der Waals surface area contributed by atoms with Gasteiger partial charge in [-0.25, -0.2) is 4.39 Å². The van der Waals surface area contributed by atoms with E-state index in [9.17, 15) is 14.0 Å². The summed E-state index contributed by atoms with van der Waals surface area (Å²) in [6, 6.07) is 9.05. The van der Waals surface area contributed by atoms with Crippen LogP contribution in [0.3, 0.4) is 0 Å². The second-order valence-electron chi connectivity index (χ2n) is 8.71. The lowest BCUT2D eigenvalue weighted by Gasteiger charge is -2.21. The van der Waals surface area contributed by atoms with Crippen LogP contribution >= 0.6 is 11.8 Å². The third-order valence-corrected chi connectivity index (χ3v) is 6.50. The molecule has 0 saturated heterocycles. The Morgan fingerprint density at radius 1 is 1.06 bits per heavy atom. The van der Waals surface area contributed by atoms with E-state index in [4.69, 9.17) is 0 Å². The highest BCUT2D eigenvalue weighted by Gasteiger charge is 2.25. The van der Waals surface area contributed by atoms with E-state index in [1.807, 2.05) is 53.8 Å². The molecule has 2 N–H and O–H groups in total. The van der Waals surface area contributed by atoms with Crippen molar-refractivity contribution < 1.29 is 14.0 Å². The normalized spacial score (nSPS) is 12.0. The van der Waals surface area contributed by atoms with E-state index in [1.54, 1.807) is 4.57 Å². The van der Waals surface area contributed by atoms with Crippen molar-refractivity contribution in [3.05, 3.63) is 70.3 Å². The predicted octanol–water partition coefficient (Wildman–Crippen LogP) is 4.74. The van der Waals surface area contributed by atoms with Crippen LogP contribution in [0.25, 0.3) is 0 Å². The topological polar surface area (TPSA) is 88.9 Å². The molecule has 34 heavy (non-hydrogen) atoms. The van der Waals surface area contributed by atoms with Crippen LogP contribution in [0.5, 0.6) is 0 Å². The Morgan fingerprint density at radius 3 is 2.26 bits per heavy atom. The molecule has 7 nitrogen and oxygen atoms in total. The van der Waals surface area contributed by atoms with Crippen molar-refractivity contribution in [2.24, 2.45) is 13.0 Å². The molecule has 2 aromatic carbocycles. The van der Waals surface area contributed by atoms with E-state index in [0.29, 0.717) is 16.5 Å². The number of nitrogens with one attached hydrogen (secondary N) is 2. The minimum absolute atomic E-state index is 0.0286. The summed E-state index contributed by atoms with van der Waals surface area (Å²) in [5, 5.41) is 15.0. The monoisotopic (exact) mass is 483 g/mol. The van der Waals surface area contributed by atoms with Gasteiger partial charge in [0.15, 0.2) is 11.0 Å². The zero-order valence-electron chi connectivity index (χ0n) is 20.3. The fourth-order valence-electron chi connectivity index (χ4n) is 3.76. The van der Waals surface area contributed by atoms with Gasteiger partial charge in [-0.2, -0.15) is 0 Å². The van der Waals surface area contributed by atoms with E-state index in [0.717, 1.165) is 22.4 Å². The van der Waals surface area contributed by atoms with Crippen LogP contribution < -0.4 is 10.6 Å². The van der Waals surface area contributed by atoms with Gasteiger partial charge in [0.05, 0.1) is 11.8 Å². The molecule has 0 bridgehead atoms. The Balaban J connectivity index is 1.68. The molecule has 0 saturated carbocycles. The zero-order chi connectivity index (χ0) is 25.0. The van der Waals surface area contributed by atoms with Crippen molar-refractivity contribution in [2.75, 3.05) is 11.1 Å². The number of nitrogens with zero attached hydrogens (tertiary/aromatic N) is 3. The van der Waals surface area contributed by atoms with E-state index >= 15 is 0 Å². The lowest BCUT2D eigenvalue weighted by atomic mass is 10.0. The van der Waals surface area contributed by atoms with Crippen LogP contribution in [0.2, 0.25) is 0 Å². The average Bonchev–Trinajstić information content (AvgIpc) is 3.13. The van der Waals surface area contributed by atoms with Crippen molar-refractivity contribution in [3.63, 3.8) is 0 Å². The second kappa shape index (κ2) is 10.8. The highest BCUT2D eigenvalue weighted by molar-refractivity contribution is 7.99. The molecule has 180 valence electrons. The third-order valence-electron chi connectivity index (χ3n) is 5.48. The number of thioether (sulfide) groups is 1. The van der Waals surface area contributed by atoms with Gasteiger partial charge in [-0.1, -0.05) is 43.3 Å². The number of benzene rings is 2. The predicted molar refractivity (Wildman–Crippen MR) is 132 cm³/mol. The number of anilines is 1. The Labute approximate surface area is 203 Å². The first-order valence-electron chi connectivity index (χ1n) is 11.0. The highest BCUT2D eigenvalue weighted by atomic mass is 32.2. The van der Waals surface area contributed by atoms with Crippen LogP contribution in [-0.4, -0.2) is 32.3 Å². The molecule has 0 aliphatic heterocycles. The van der Waals surface area contributed by atoms with Gasteiger partial charge in [0.1, 0.15) is 5.82 Å². The Hall–Kier alpha value is -3.20. The lowest BCUT2D eigenvalue weighted by Crippen LogP contribution is -2.33. The number of aromatic nitrogens is 3. The Morgan fingerprint density at radius 2 is 1.68 bits per heavy atom. The molecule has 0 aliphatic rings. The smallest absolute Gasteiger partial charge is 0.251 e. The van der Waals surface area contributed by atoms with E-state index in [-0.39, 0.29) is 23.5 Å². The molecule has 3 rings (SSSR count). The minimum Gasteiger partial charge on any atom is -0.342 e. The summed E-state index contributed by atoms with van der Waals surface area (Å²) < 4.78 is 15.0. The van der Waals surface area contributed by atoms with Crippen molar-refractivity contribution in [3.8, 4) is 0 Å². The number of rotatable bonds is 8. The largest absolute Gasteiger partial charge is 0.342 e. The summed E-state index contributed by atoms with van der Waals surface area (Å²) in [6.45, 7) is 9.92. The number of hydrogen-bond acceptors (Lipinski definition) is 5. The number of carbonyl (C=O) groups is 2. The number of hydrogen-bond donors (Lipinski definition) is 2. The Bertz CT molecular complexity index is 1170. The van der Waals surface area contributed by atoms with E-state index in [2.05, 4.69) is 20.8 Å². The van der Waals surface area contributed by atoms with Gasteiger partial charge in [-0.3, -0.25) is 9.59 Å². The van der Waals surface area contributed by atoms with Gasteiger partial charge in [0.2, 0.25) is 5.91 Å². The first-order chi connectivity index (χ1) is 16.1. The molecule has 1 atom stereocenters. The number of halogens is 1. The quantitative estimate of drug-likeness (QED) is 0.452. The summed E-state index contributed by atoms with van der Waals surface area (Å²) in [7, 11) is 1.81. The lowest BCUT2D eigenvalue weighted by molar-refractivity contribution is -0.113. The van der Waals surface area contributed by atoms with Gasteiger partial charge in [0.25, 0.3) is 5.91 Å². The van der Waals surface area contributed by atoms with Crippen LogP contribution in [0.15, 0.2) is 41.6 Å². The average molecular weight is 484 g/mol. The summed E-state index contributed by atoms with van der Waals surface area (Å²) in [4.78, 5) is 25.3. The number of amides is 2. The third kappa shape index (κ3) is 6.02. The van der Waals surface area contributed by atoms with Crippen LogP contribution in [-0.2, 0) is 11.8 Å². The van der Waals surface area contributed by atoms with Crippen molar-refractivity contribution in [1.82, 2.24) is 20.1 Å². The molecule has 9 heteroatoms. The van der Waals surface area contributed by atoms with Crippen LogP contribution in [0.1, 0.15) is 52.8 Å². The Kier molecular flexibility index (Phi) is 8.09. The zero-order valence-corrected chi connectivity index (χ0v) is 21.1. The number of carbonyl (C=O) groups excluding carboxylic acids is 2. The summed E-state index contributed by atoms with van der Waals surface area (Å²) >= 11 is 1.28. The second-order valence-corrected chi connectivity index (χ2v) is 9.65. The van der Waals surface area contributed by atoms with Crippen molar-refractivity contribution in [2.45, 2.75) is 45.8 Å². The molecule has 0 spiro atoms. The molecular weight excluding hydrogens is 453 g/mol. The first kappa shape index (κ1) is 25.4. The fraction of sp³-hybridized carbons (Fsp3) is 0.360. The molecule has 0 aliphatic carbocycles. The minimum atomic E-state index is -0.406. The standard InChI is InChI=1S/C25H30FN5O2S/c1-14(2)21(28-24(33)18-7-9-19(26)10-8-18)23-29-30-25(31(23)6)34-13-20(32)27-22-16(4)11-15(3)12-17(22)5/h7-12,14,21H,13H2,1-6H3,(H,27,32)(H,28,33)/t21-/m1/s1. The molecule has 1 heterocycles. The molecule has 1 aromatic heterocycles. The summed E-state index contributed by atoms with van der Waals surface area (Å²) in [5.74, 6) is -0.0653. The van der Waals surface area contributed by atoms with Gasteiger partial charge < -0.3 is 15.2 Å². The molecule has 0 radical (unpaired) electrons. The molecule has 0 fully saturated rings. The number of aryl methyl sites for hydroxylation is 3. The molecular formula is C25H30FN5O2S. The fourth-order valence-corrected chi connectivity index (χ4v) is 4.48. The van der Waals surface area contributed by atoms with Crippen LogP contribution in [0.4, 0.5) is 10.1 Å². The van der Waals surface area contributed by atoms with E-state index in [1.165, 1.54) is 36.0 Å². The molecule has 3 aromatic rings. The van der Waals surface area contributed by atoms with Crippen molar-refractivity contribution in [1.29, 1.82) is 0 Å². The maximum Gasteiger partial charge on any atom is 0.251 e. The highest BCUT2D eigenvalue weighted by Crippen LogP contribution is 2.26. The van der Waals surface area contributed by atoms with Gasteiger partial charge >= 0.3 is 0 Å².